The molecule has 5 heteroatoms. The number of nitrogens with zero attached hydrogens (tertiary/aromatic N) is 1. The highest BCUT2D eigenvalue weighted by atomic mass is 79.9. The van der Waals surface area contributed by atoms with Crippen molar-refractivity contribution in [3.8, 4) is 0 Å². The molecule has 2 aromatic rings. The Kier molecular flexibility index (Phi) is 4.85. The van der Waals surface area contributed by atoms with Crippen LogP contribution in [0, 0.1) is 0 Å². The van der Waals surface area contributed by atoms with Crippen LogP contribution in [0.25, 0.3) is 0 Å². The van der Waals surface area contributed by atoms with Crippen molar-refractivity contribution >= 4 is 33.2 Å². The van der Waals surface area contributed by atoms with E-state index in [0.29, 0.717) is 17.8 Å². The summed E-state index contributed by atoms with van der Waals surface area (Å²) in [6, 6.07) is 13.3. The molecule has 0 aliphatic heterocycles. The standard InChI is InChI=1S/C16H18BrN3O/c1-20(2)16(21)14-8-7-13(18)9-15(14)19-10-11-3-5-12(17)6-4-11/h3-9,19H,10,18H2,1-2H3. The molecule has 0 radical (unpaired) electrons. The molecule has 0 aliphatic rings. The first-order chi connectivity index (χ1) is 9.97. The van der Waals surface area contributed by atoms with E-state index >= 15 is 0 Å². The summed E-state index contributed by atoms with van der Waals surface area (Å²) in [6.07, 6.45) is 0. The molecule has 0 aliphatic carbocycles. The van der Waals surface area contributed by atoms with Crippen LogP contribution in [0.1, 0.15) is 15.9 Å². The predicted octanol–water partition coefficient (Wildman–Crippen LogP) is 3.35. The Hall–Kier alpha value is -2.01. The van der Waals surface area contributed by atoms with E-state index < -0.39 is 0 Å². The van der Waals surface area contributed by atoms with Gasteiger partial charge < -0.3 is 16.0 Å². The van der Waals surface area contributed by atoms with Crippen LogP contribution in [0.3, 0.4) is 0 Å². The third-order valence-corrected chi connectivity index (χ3v) is 3.61. The predicted molar refractivity (Wildman–Crippen MR) is 90.3 cm³/mol. The van der Waals surface area contributed by atoms with Crippen LogP contribution in [0.4, 0.5) is 11.4 Å². The van der Waals surface area contributed by atoms with E-state index in [2.05, 4.69) is 21.2 Å². The molecule has 0 bridgehead atoms. The number of rotatable bonds is 4. The summed E-state index contributed by atoms with van der Waals surface area (Å²) in [5, 5.41) is 3.28. The number of hydrogen-bond donors (Lipinski definition) is 2. The Bertz CT molecular complexity index is 638. The zero-order valence-corrected chi connectivity index (χ0v) is 13.6. The van der Waals surface area contributed by atoms with E-state index in [1.165, 1.54) is 0 Å². The summed E-state index contributed by atoms with van der Waals surface area (Å²) < 4.78 is 1.04. The molecule has 0 spiro atoms. The molecule has 0 unspecified atom stereocenters. The minimum absolute atomic E-state index is 0.0479. The maximum Gasteiger partial charge on any atom is 0.255 e. The van der Waals surface area contributed by atoms with Crippen LogP contribution in [0.5, 0.6) is 0 Å². The molecule has 0 fully saturated rings. The molecule has 0 atom stereocenters. The number of nitrogen functional groups attached to an aromatic ring is 1. The molecule has 0 saturated heterocycles. The molecule has 0 saturated carbocycles. The van der Waals surface area contributed by atoms with Gasteiger partial charge in [0.15, 0.2) is 0 Å². The van der Waals surface area contributed by atoms with Gasteiger partial charge in [-0.25, -0.2) is 0 Å². The van der Waals surface area contributed by atoms with E-state index in [0.717, 1.165) is 15.7 Å². The fraction of sp³-hybridized carbons (Fsp3) is 0.188. The molecular weight excluding hydrogens is 330 g/mol. The van der Waals surface area contributed by atoms with Crippen molar-refractivity contribution in [1.29, 1.82) is 0 Å². The zero-order chi connectivity index (χ0) is 15.4. The summed E-state index contributed by atoms with van der Waals surface area (Å²) in [5.74, 6) is -0.0479. The SMILES string of the molecule is CN(C)C(=O)c1ccc(N)cc1NCc1ccc(Br)cc1. The number of hydrogen-bond acceptors (Lipinski definition) is 3. The number of anilines is 2. The van der Waals surface area contributed by atoms with Gasteiger partial charge in [0.05, 0.1) is 5.56 Å². The molecule has 2 aromatic carbocycles. The molecule has 4 nitrogen and oxygen atoms in total. The first-order valence-corrected chi connectivity index (χ1v) is 7.36. The molecule has 1 amide bonds. The maximum atomic E-state index is 12.2. The van der Waals surface area contributed by atoms with Crippen molar-refractivity contribution in [2.75, 3.05) is 25.1 Å². The Labute approximate surface area is 133 Å². The van der Waals surface area contributed by atoms with Gasteiger partial charge in [-0.3, -0.25) is 4.79 Å². The molecule has 3 N–H and O–H groups in total. The van der Waals surface area contributed by atoms with Crippen molar-refractivity contribution < 1.29 is 4.79 Å². The maximum absolute atomic E-state index is 12.2. The van der Waals surface area contributed by atoms with Crippen LogP contribution < -0.4 is 11.1 Å². The number of nitrogens with one attached hydrogen (secondary N) is 1. The van der Waals surface area contributed by atoms with Gasteiger partial charge in [-0.05, 0) is 35.9 Å². The second kappa shape index (κ2) is 6.63. The third kappa shape index (κ3) is 3.98. The normalized spacial score (nSPS) is 10.2. The number of halogens is 1. The molecule has 0 aromatic heterocycles. The van der Waals surface area contributed by atoms with Crippen LogP contribution in [-0.2, 0) is 6.54 Å². The quantitative estimate of drug-likeness (QED) is 0.833. The number of amides is 1. The molecular formula is C16H18BrN3O. The van der Waals surface area contributed by atoms with E-state index in [4.69, 9.17) is 5.73 Å². The van der Waals surface area contributed by atoms with Crippen LogP contribution in [0.2, 0.25) is 0 Å². The number of benzene rings is 2. The van der Waals surface area contributed by atoms with Gasteiger partial charge in [0.2, 0.25) is 0 Å². The Morgan fingerprint density at radius 3 is 2.48 bits per heavy atom. The van der Waals surface area contributed by atoms with Crippen molar-refractivity contribution in [2.24, 2.45) is 0 Å². The minimum Gasteiger partial charge on any atom is -0.399 e. The lowest BCUT2D eigenvalue weighted by Gasteiger charge is -2.16. The average Bonchev–Trinajstić information content (AvgIpc) is 2.46. The smallest absolute Gasteiger partial charge is 0.255 e. The van der Waals surface area contributed by atoms with Crippen LogP contribution >= 0.6 is 15.9 Å². The molecule has 110 valence electrons. The first-order valence-electron chi connectivity index (χ1n) is 6.57. The summed E-state index contributed by atoms with van der Waals surface area (Å²) in [4.78, 5) is 13.7. The second-order valence-corrected chi connectivity index (χ2v) is 5.90. The zero-order valence-electron chi connectivity index (χ0n) is 12.1. The Morgan fingerprint density at radius 2 is 1.86 bits per heavy atom. The Balaban J connectivity index is 2.20. The summed E-state index contributed by atoms with van der Waals surface area (Å²) >= 11 is 3.41. The highest BCUT2D eigenvalue weighted by Crippen LogP contribution is 2.21. The summed E-state index contributed by atoms with van der Waals surface area (Å²) in [5.41, 5.74) is 8.94. The van der Waals surface area contributed by atoms with Crippen molar-refractivity contribution in [1.82, 2.24) is 4.90 Å². The van der Waals surface area contributed by atoms with Crippen molar-refractivity contribution in [2.45, 2.75) is 6.54 Å². The van der Waals surface area contributed by atoms with E-state index in [9.17, 15) is 4.79 Å². The average molecular weight is 348 g/mol. The number of carbonyl (C=O) groups excluding carboxylic acids is 1. The highest BCUT2D eigenvalue weighted by Gasteiger charge is 2.13. The highest BCUT2D eigenvalue weighted by molar-refractivity contribution is 9.10. The van der Waals surface area contributed by atoms with Crippen LogP contribution in [0.15, 0.2) is 46.9 Å². The summed E-state index contributed by atoms with van der Waals surface area (Å²) in [6.45, 7) is 0.629. The van der Waals surface area contributed by atoms with Gasteiger partial charge >= 0.3 is 0 Å². The fourth-order valence-corrected chi connectivity index (χ4v) is 2.20. The van der Waals surface area contributed by atoms with Crippen molar-refractivity contribution in [3.05, 3.63) is 58.1 Å². The van der Waals surface area contributed by atoms with Gasteiger partial charge in [0, 0.05) is 36.5 Å². The topological polar surface area (TPSA) is 58.4 Å². The number of carbonyl (C=O) groups is 1. The van der Waals surface area contributed by atoms with E-state index in [-0.39, 0.29) is 5.91 Å². The monoisotopic (exact) mass is 347 g/mol. The largest absolute Gasteiger partial charge is 0.399 e. The molecule has 0 heterocycles. The van der Waals surface area contributed by atoms with E-state index in [1.807, 2.05) is 24.3 Å². The number of nitrogens with two attached hydrogens (primary N) is 1. The third-order valence-electron chi connectivity index (χ3n) is 3.08. The van der Waals surface area contributed by atoms with Gasteiger partial charge in [0.1, 0.15) is 0 Å². The van der Waals surface area contributed by atoms with Gasteiger partial charge in [-0.2, -0.15) is 0 Å². The molecule has 2 rings (SSSR count). The molecule has 21 heavy (non-hydrogen) atoms. The lowest BCUT2D eigenvalue weighted by atomic mass is 10.1. The minimum atomic E-state index is -0.0479. The van der Waals surface area contributed by atoms with E-state index in [1.54, 1.807) is 37.2 Å². The Morgan fingerprint density at radius 1 is 1.19 bits per heavy atom. The summed E-state index contributed by atoms with van der Waals surface area (Å²) in [7, 11) is 3.47. The van der Waals surface area contributed by atoms with Crippen LogP contribution in [-0.4, -0.2) is 24.9 Å². The second-order valence-electron chi connectivity index (χ2n) is 4.98. The van der Waals surface area contributed by atoms with Crippen molar-refractivity contribution in [3.63, 3.8) is 0 Å². The first kappa shape index (κ1) is 15.4. The van der Waals surface area contributed by atoms with Gasteiger partial charge in [-0.15, -0.1) is 0 Å². The lowest BCUT2D eigenvalue weighted by molar-refractivity contribution is 0.0828. The van der Waals surface area contributed by atoms with Gasteiger partial charge in [-0.1, -0.05) is 28.1 Å². The van der Waals surface area contributed by atoms with Gasteiger partial charge in [0.25, 0.3) is 5.91 Å². The lowest BCUT2D eigenvalue weighted by Crippen LogP contribution is -2.23. The fourth-order valence-electron chi connectivity index (χ4n) is 1.94.